The van der Waals surface area contributed by atoms with Crippen LogP contribution in [0.4, 0.5) is 0 Å². The Balaban J connectivity index is 2.07. The number of Topliss-reactive ketones (excluding diaryl/α,β-unsaturated/α-hetero) is 4. The Morgan fingerprint density at radius 1 is 0.588 bits per heavy atom. The van der Waals surface area contributed by atoms with Crippen LogP contribution in [0.1, 0.15) is 44.9 Å². The quantitative estimate of drug-likeness (QED) is 0.586. The molecule has 0 aliphatic heterocycles. The minimum atomic E-state index is -1.22. The van der Waals surface area contributed by atoms with E-state index in [4.69, 9.17) is 0 Å². The van der Waals surface area contributed by atoms with Crippen LogP contribution in [0.5, 0.6) is 0 Å². The first kappa shape index (κ1) is 10.8. The zero-order valence-electron chi connectivity index (χ0n) is 9.58. The lowest BCUT2D eigenvalue weighted by Crippen LogP contribution is -2.44. The van der Waals surface area contributed by atoms with Gasteiger partial charge >= 0.3 is 0 Å². The molecule has 3 aliphatic rings. The van der Waals surface area contributed by atoms with E-state index in [0.29, 0.717) is 38.5 Å². The first-order valence-corrected chi connectivity index (χ1v) is 6.19. The normalized spacial score (nSPS) is 30.1. The van der Waals surface area contributed by atoms with E-state index in [9.17, 15) is 19.2 Å². The molecule has 0 saturated heterocycles. The minimum Gasteiger partial charge on any atom is -0.299 e. The highest BCUT2D eigenvalue weighted by molar-refractivity contribution is 6.27. The monoisotopic (exact) mass is 234 g/mol. The van der Waals surface area contributed by atoms with Crippen molar-refractivity contribution in [3.05, 3.63) is 0 Å². The van der Waals surface area contributed by atoms with Crippen molar-refractivity contribution in [2.24, 2.45) is 10.8 Å². The average molecular weight is 234 g/mol. The van der Waals surface area contributed by atoms with Gasteiger partial charge in [0.1, 0.15) is 34.0 Å². The van der Waals surface area contributed by atoms with Crippen LogP contribution in [0.15, 0.2) is 0 Å². The molecule has 4 nitrogen and oxygen atoms in total. The Morgan fingerprint density at radius 3 is 1.18 bits per heavy atom. The molecule has 0 heterocycles. The highest BCUT2D eigenvalue weighted by Gasteiger charge is 2.81. The van der Waals surface area contributed by atoms with Gasteiger partial charge in [0.05, 0.1) is 0 Å². The molecular weight excluding hydrogens is 220 g/mol. The standard InChI is InChI=1S/C13H14O4/c14-8-3-1-4-9(15)12(8)7-13(12)10(16)5-2-6-11(13)17/h1-7H2. The van der Waals surface area contributed by atoms with Gasteiger partial charge in [0.25, 0.3) is 0 Å². The van der Waals surface area contributed by atoms with Gasteiger partial charge in [0.2, 0.25) is 0 Å². The van der Waals surface area contributed by atoms with E-state index in [-0.39, 0.29) is 29.6 Å². The predicted octanol–water partition coefficient (Wildman–Crippen LogP) is 1.01. The molecule has 3 aliphatic carbocycles. The molecule has 0 unspecified atom stereocenters. The van der Waals surface area contributed by atoms with Crippen molar-refractivity contribution in [3.63, 3.8) is 0 Å². The Morgan fingerprint density at radius 2 is 0.882 bits per heavy atom. The van der Waals surface area contributed by atoms with E-state index < -0.39 is 10.8 Å². The highest BCUT2D eigenvalue weighted by atomic mass is 16.2. The van der Waals surface area contributed by atoms with Gasteiger partial charge < -0.3 is 0 Å². The molecular formula is C13H14O4. The zero-order valence-corrected chi connectivity index (χ0v) is 9.58. The maximum atomic E-state index is 12.0. The largest absolute Gasteiger partial charge is 0.299 e. The molecule has 0 atom stereocenters. The fourth-order valence-corrected chi connectivity index (χ4v) is 3.68. The summed E-state index contributed by atoms with van der Waals surface area (Å²) in [7, 11) is 0. The van der Waals surface area contributed by atoms with E-state index in [1.807, 2.05) is 0 Å². The molecule has 17 heavy (non-hydrogen) atoms. The SMILES string of the molecule is O=C1CCCC(=O)C12CC21C(=O)CCCC1=O. The number of fused-ring (bicyclic) bond motifs is 1. The maximum Gasteiger partial charge on any atom is 0.147 e. The summed E-state index contributed by atoms with van der Waals surface area (Å²) in [5, 5.41) is 0. The molecule has 0 radical (unpaired) electrons. The van der Waals surface area contributed by atoms with Gasteiger partial charge in [-0.2, -0.15) is 0 Å². The van der Waals surface area contributed by atoms with Gasteiger partial charge in [0, 0.05) is 25.7 Å². The van der Waals surface area contributed by atoms with Crippen LogP contribution in [0.25, 0.3) is 0 Å². The van der Waals surface area contributed by atoms with E-state index in [1.54, 1.807) is 0 Å². The molecule has 0 N–H and O–H groups in total. The van der Waals surface area contributed by atoms with Crippen molar-refractivity contribution in [1.82, 2.24) is 0 Å². The topological polar surface area (TPSA) is 68.3 Å². The Kier molecular flexibility index (Phi) is 1.98. The predicted molar refractivity (Wildman–Crippen MR) is 57.2 cm³/mol. The maximum absolute atomic E-state index is 12.0. The number of hydrogen-bond acceptors (Lipinski definition) is 4. The van der Waals surface area contributed by atoms with Crippen molar-refractivity contribution < 1.29 is 19.2 Å². The molecule has 3 saturated carbocycles. The molecule has 3 fully saturated rings. The lowest BCUT2D eigenvalue weighted by molar-refractivity contribution is -0.149. The molecule has 0 aromatic carbocycles. The van der Waals surface area contributed by atoms with Crippen LogP contribution in [0.2, 0.25) is 0 Å². The summed E-state index contributed by atoms with van der Waals surface area (Å²) in [6.45, 7) is 0. The smallest absolute Gasteiger partial charge is 0.147 e. The fraction of sp³-hybridized carbons (Fsp3) is 0.692. The third-order valence-corrected chi connectivity index (χ3v) is 4.65. The lowest BCUT2D eigenvalue weighted by atomic mass is 9.71. The van der Waals surface area contributed by atoms with E-state index in [0.717, 1.165) is 0 Å². The summed E-state index contributed by atoms with van der Waals surface area (Å²) in [6, 6.07) is 0. The lowest BCUT2D eigenvalue weighted by Gasteiger charge is -2.27. The fourth-order valence-electron chi connectivity index (χ4n) is 3.68. The van der Waals surface area contributed by atoms with Crippen LogP contribution in [0, 0.1) is 10.8 Å². The van der Waals surface area contributed by atoms with Crippen molar-refractivity contribution in [2.75, 3.05) is 0 Å². The number of ketones is 4. The van der Waals surface area contributed by atoms with Gasteiger partial charge in [-0.3, -0.25) is 19.2 Å². The second-order valence-corrected chi connectivity index (χ2v) is 5.39. The molecule has 0 amide bonds. The second-order valence-electron chi connectivity index (χ2n) is 5.39. The Bertz CT molecular complexity index is 386. The summed E-state index contributed by atoms with van der Waals surface area (Å²) in [5.74, 6) is -0.676. The number of rotatable bonds is 0. The van der Waals surface area contributed by atoms with Crippen LogP contribution in [-0.2, 0) is 19.2 Å². The van der Waals surface area contributed by atoms with E-state index in [1.165, 1.54) is 0 Å². The summed E-state index contributed by atoms with van der Waals surface area (Å²) in [5.41, 5.74) is -2.44. The Hall–Kier alpha value is -1.32. The number of hydrogen-bond donors (Lipinski definition) is 0. The molecule has 2 spiro atoms. The molecule has 0 aromatic rings. The van der Waals surface area contributed by atoms with E-state index in [2.05, 4.69) is 0 Å². The summed E-state index contributed by atoms with van der Waals surface area (Å²) in [4.78, 5) is 48.1. The van der Waals surface area contributed by atoms with Gasteiger partial charge in [-0.05, 0) is 19.3 Å². The van der Waals surface area contributed by atoms with Gasteiger partial charge in [-0.1, -0.05) is 0 Å². The highest BCUT2D eigenvalue weighted by Crippen LogP contribution is 2.69. The molecule has 0 aromatic heterocycles. The summed E-state index contributed by atoms with van der Waals surface area (Å²) < 4.78 is 0. The van der Waals surface area contributed by atoms with Crippen LogP contribution in [0.3, 0.4) is 0 Å². The van der Waals surface area contributed by atoms with Crippen molar-refractivity contribution in [2.45, 2.75) is 44.9 Å². The van der Waals surface area contributed by atoms with E-state index >= 15 is 0 Å². The van der Waals surface area contributed by atoms with Gasteiger partial charge in [-0.25, -0.2) is 0 Å². The van der Waals surface area contributed by atoms with Gasteiger partial charge in [-0.15, -0.1) is 0 Å². The molecule has 4 heteroatoms. The zero-order chi connectivity index (χ0) is 12.3. The average Bonchev–Trinajstić information content (AvgIpc) is 2.97. The van der Waals surface area contributed by atoms with Crippen LogP contribution >= 0.6 is 0 Å². The van der Waals surface area contributed by atoms with Crippen LogP contribution in [-0.4, -0.2) is 23.1 Å². The van der Waals surface area contributed by atoms with Gasteiger partial charge in [0.15, 0.2) is 0 Å². The third kappa shape index (κ3) is 1.04. The number of carbonyl (C=O) groups is 4. The third-order valence-electron chi connectivity index (χ3n) is 4.65. The Labute approximate surface area is 98.7 Å². The minimum absolute atomic E-state index is 0.169. The van der Waals surface area contributed by atoms with Crippen molar-refractivity contribution in [1.29, 1.82) is 0 Å². The van der Waals surface area contributed by atoms with Crippen molar-refractivity contribution in [3.8, 4) is 0 Å². The second kappa shape index (κ2) is 3.12. The number of carbonyl (C=O) groups excluding carboxylic acids is 4. The first-order chi connectivity index (χ1) is 8.05. The van der Waals surface area contributed by atoms with Crippen LogP contribution < -0.4 is 0 Å². The molecule has 0 bridgehead atoms. The molecule has 3 rings (SSSR count). The first-order valence-electron chi connectivity index (χ1n) is 6.19. The summed E-state index contributed by atoms with van der Waals surface area (Å²) >= 11 is 0. The summed E-state index contributed by atoms with van der Waals surface area (Å²) in [6.07, 6.45) is 2.68. The van der Waals surface area contributed by atoms with Crippen molar-refractivity contribution >= 4 is 23.1 Å². The molecule has 90 valence electrons.